The van der Waals surface area contributed by atoms with Crippen LogP contribution in [-0.4, -0.2) is 57.3 Å². The summed E-state index contributed by atoms with van der Waals surface area (Å²) in [6.45, 7) is 4.09. The van der Waals surface area contributed by atoms with E-state index < -0.39 is 36.9 Å². The molecule has 0 aromatic heterocycles. The largest absolute Gasteiger partial charge is 0.394 e. The lowest BCUT2D eigenvalue weighted by molar-refractivity contribution is -0.132. The number of amides is 1. The molecular weight excluding hydrogens is 731 g/mol. The van der Waals surface area contributed by atoms with Gasteiger partial charge in [0.25, 0.3) is 0 Å². The fraction of sp³-hybridized carbons (Fsp3) is 0.981. The summed E-state index contributed by atoms with van der Waals surface area (Å²) in [5.74, 6) is -0.577. The van der Waals surface area contributed by atoms with Gasteiger partial charge in [0, 0.05) is 0 Å². The summed E-state index contributed by atoms with van der Waals surface area (Å²) < 4.78 is 0. The minimum Gasteiger partial charge on any atom is -0.394 e. The maximum absolute atomic E-state index is 12.6. The van der Waals surface area contributed by atoms with E-state index >= 15 is 0 Å². The molecule has 0 spiro atoms. The Bertz CT molecular complexity index is 811. The van der Waals surface area contributed by atoms with Crippen LogP contribution in [0.1, 0.15) is 303 Å². The van der Waals surface area contributed by atoms with E-state index in [-0.39, 0.29) is 0 Å². The predicted octanol–water partition coefficient (Wildman–Crippen LogP) is 15.1. The minimum atomic E-state index is -1.25. The van der Waals surface area contributed by atoms with Crippen LogP contribution < -0.4 is 5.32 Å². The number of hydrogen-bond donors (Lipinski definition) is 5. The highest BCUT2D eigenvalue weighted by Gasteiger charge is 2.28. The van der Waals surface area contributed by atoms with Gasteiger partial charge in [0.2, 0.25) is 5.91 Å². The molecule has 0 rings (SSSR count). The van der Waals surface area contributed by atoms with Gasteiger partial charge in [-0.2, -0.15) is 0 Å². The fourth-order valence-electron chi connectivity index (χ4n) is 8.82. The van der Waals surface area contributed by atoms with E-state index in [0.29, 0.717) is 12.8 Å². The average molecular weight is 838 g/mol. The minimum absolute atomic E-state index is 0.376. The van der Waals surface area contributed by atoms with Crippen molar-refractivity contribution in [2.75, 3.05) is 6.61 Å². The van der Waals surface area contributed by atoms with Crippen LogP contribution >= 0.6 is 0 Å². The van der Waals surface area contributed by atoms with Gasteiger partial charge in [-0.1, -0.05) is 290 Å². The summed E-state index contributed by atoms with van der Waals surface area (Å²) in [7, 11) is 0. The molecule has 0 fully saturated rings. The van der Waals surface area contributed by atoms with Crippen molar-refractivity contribution in [3.05, 3.63) is 0 Å². The lowest BCUT2D eigenvalue weighted by atomic mass is 9.99. The van der Waals surface area contributed by atoms with Gasteiger partial charge in [-0.3, -0.25) is 4.79 Å². The standard InChI is InChI=1S/C53H107NO5/c1-3-5-7-9-11-13-15-17-19-21-22-23-24-25-26-27-28-29-30-31-33-34-36-38-40-42-44-46-50(56)52(58)49(48-55)54-53(59)51(57)47-45-43-41-39-37-35-32-20-18-16-14-12-10-8-6-4-2/h49-52,55-58H,3-48H2,1-2H3,(H,54,59). The molecule has 0 aliphatic carbocycles. The third-order valence-electron chi connectivity index (χ3n) is 13.1. The number of carbonyl (C=O) groups is 1. The molecule has 0 aromatic carbocycles. The summed E-state index contributed by atoms with van der Waals surface area (Å²) in [5, 5.41) is 43.9. The Hall–Kier alpha value is -0.690. The topological polar surface area (TPSA) is 110 Å². The molecule has 0 aromatic rings. The van der Waals surface area contributed by atoms with E-state index in [1.807, 2.05) is 0 Å². The van der Waals surface area contributed by atoms with Crippen LogP contribution in [0.3, 0.4) is 0 Å². The van der Waals surface area contributed by atoms with Crippen molar-refractivity contribution in [3.63, 3.8) is 0 Å². The fourth-order valence-corrected chi connectivity index (χ4v) is 8.82. The Morgan fingerprint density at radius 2 is 0.576 bits per heavy atom. The van der Waals surface area contributed by atoms with Gasteiger partial charge in [0.1, 0.15) is 12.2 Å². The molecule has 6 nitrogen and oxygen atoms in total. The monoisotopic (exact) mass is 838 g/mol. The van der Waals surface area contributed by atoms with E-state index in [4.69, 9.17) is 0 Å². The lowest BCUT2D eigenvalue weighted by Gasteiger charge is -2.27. The molecule has 4 atom stereocenters. The molecule has 354 valence electrons. The zero-order chi connectivity index (χ0) is 43.1. The van der Waals surface area contributed by atoms with Gasteiger partial charge >= 0.3 is 0 Å². The Labute approximate surface area is 369 Å². The number of hydrogen-bond acceptors (Lipinski definition) is 5. The highest BCUT2D eigenvalue weighted by molar-refractivity contribution is 5.80. The number of aliphatic hydroxyl groups is 4. The second kappa shape index (κ2) is 48.3. The van der Waals surface area contributed by atoms with Crippen LogP contribution in [0.4, 0.5) is 0 Å². The molecule has 5 N–H and O–H groups in total. The van der Waals surface area contributed by atoms with Gasteiger partial charge in [0.05, 0.1) is 18.8 Å². The van der Waals surface area contributed by atoms with Crippen LogP contribution in [-0.2, 0) is 4.79 Å². The van der Waals surface area contributed by atoms with Crippen molar-refractivity contribution in [3.8, 4) is 0 Å². The zero-order valence-corrected chi connectivity index (χ0v) is 40.0. The Morgan fingerprint density at radius 3 is 0.814 bits per heavy atom. The van der Waals surface area contributed by atoms with Crippen molar-refractivity contribution in [2.24, 2.45) is 0 Å². The van der Waals surface area contributed by atoms with Gasteiger partial charge in [-0.15, -0.1) is 0 Å². The summed E-state index contributed by atoms with van der Waals surface area (Å²) in [6, 6.07) is -0.980. The third-order valence-corrected chi connectivity index (χ3v) is 13.1. The molecule has 0 aliphatic rings. The van der Waals surface area contributed by atoms with E-state index in [1.54, 1.807) is 0 Å². The zero-order valence-electron chi connectivity index (χ0n) is 40.0. The first-order valence-corrected chi connectivity index (χ1v) is 26.9. The molecule has 0 aliphatic heterocycles. The Balaban J connectivity index is 3.58. The van der Waals surface area contributed by atoms with Crippen molar-refractivity contribution in [1.82, 2.24) is 5.32 Å². The first kappa shape index (κ1) is 58.3. The molecule has 0 bridgehead atoms. The second-order valence-electron chi connectivity index (χ2n) is 18.9. The maximum Gasteiger partial charge on any atom is 0.249 e. The van der Waals surface area contributed by atoms with E-state index in [1.165, 1.54) is 238 Å². The molecule has 4 unspecified atom stereocenters. The van der Waals surface area contributed by atoms with Gasteiger partial charge in [0.15, 0.2) is 0 Å². The van der Waals surface area contributed by atoms with Crippen molar-refractivity contribution < 1.29 is 25.2 Å². The third kappa shape index (κ3) is 42.4. The van der Waals surface area contributed by atoms with Gasteiger partial charge < -0.3 is 25.7 Å². The molecule has 59 heavy (non-hydrogen) atoms. The Kier molecular flexibility index (Phi) is 47.8. The van der Waals surface area contributed by atoms with Crippen LogP contribution in [0.15, 0.2) is 0 Å². The molecule has 0 saturated carbocycles. The quantitative estimate of drug-likeness (QED) is 0.0392. The van der Waals surface area contributed by atoms with E-state index in [2.05, 4.69) is 19.2 Å². The SMILES string of the molecule is CCCCCCCCCCCCCCCCCCCCCCCCCCCCCC(O)C(O)C(CO)NC(=O)C(O)CCCCCCCCCCCCCCCCCC. The predicted molar refractivity (Wildman–Crippen MR) is 256 cm³/mol. The molecule has 1 amide bonds. The number of carbonyl (C=O) groups excluding carboxylic acids is 1. The second-order valence-corrected chi connectivity index (χ2v) is 18.9. The summed E-state index contributed by atoms with van der Waals surface area (Å²) in [4.78, 5) is 12.6. The molecule has 0 radical (unpaired) electrons. The molecule has 6 heteroatoms. The average Bonchev–Trinajstić information content (AvgIpc) is 3.24. The molecule has 0 heterocycles. The molecular formula is C53H107NO5. The van der Waals surface area contributed by atoms with Crippen LogP contribution in [0.25, 0.3) is 0 Å². The lowest BCUT2D eigenvalue weighted by Crippen LogP contribution is -2.53. The van der Waals surface area contributed by atoms with Crippen molar-refractivity contribution >= 4 is 5.91 Å². The van der Waals surface area contributed by atoms with Gasteiger partial charge in [-0.25, -0.2) is 0 Å². The smallest absolute Gasteiger partial charge is 0.249 e. The molecule has 0 saturated heterocycles. The Morgan fingerprint density at radius 1 is 0.356 bits per heavy atom. The summed E-state index contributed by atoms with van der Waals surface area (Å²) >= 11 is 0. The van der Waals surface area contributed by atoms with E-state index in [0.717, 1.165) is 38.5 Å². The highest BCUT2D eigenvalue weighted by atomic mass is 16.3. The first-order chi connectivity index (χ1) is 29.0. The van der Waals surface area contributed by atoms with Crippen LogP contribution in [0.2, 0.25) is 0 Å². The van der Waals surface area contributed by atoms with E-state index in [9.17, 15) is 25.2 Å². The first-order valence-electron chi connectivity index (χ1n) is 26.9. The van der Waals surface area contributed by atoms with Crippen LogP contribution in [0.5, 0.6) is 0 Å². The highest BCUT2D eigenvalue weighted by Crippen LogP contribution is 2.18. The number of unbranched alkanes of at least 4 members (excludes halogenated alkanes) is 41. The summed E-state index contributed by atoms with van der Waals surface area (Å²) in [6.07, 6.45) is 54.5. The van der Waals surface area contributed by atoms with Crippen LogP contribution in [0, 0.1) is 0 Å². The van der Waals surface area contributed by atoms with Crippen molar-refractivity contribution in [1.29, 1.82) is 0 Å². The van der Waals surface area contributed by atoms with Crippen molar-refractivity contribution in [2.45, 2.75) is 327 Å². The summed E-state index contributed by atoms with van der Waals surface area (Å²) in [5.41, 5.74) is 0. The maximum atomic E-state index is 12.6. The normalized spacial score (nSPS) is 13.8. The number of rotatable bonds is 50. The number of nitrogens with one attached hydrogen (secondary N) is 1. The number of aliphatic hydroxyl groups excluding tert-OH is 4. The van der Waals surface area contributed by atoms with Gasteiger partial charge in [-0.05, 0) is 12.8 Å².